The van der Waals surface area contributed by atoms with Crippen molar-refractivity contribution in [3.63, 3.8) is 0 Å². The zero-order valence-electron chi connectivity index (χ0n) is 17.0. The van der Waals surface area contributed by atoms with Crippen molar-refractivity contribution in [2.45, 2.75) is 44.8 Å². The van der Waals surface area contributed by atoms with Crippen molar-refractivity contribution in [3.05, 3.63) is 34.9 Å². The topological polar surface area (TPSA) is 83.3 Å². The third-order valence-corrected chi connectivity index (χ3v) is 5.74. The number of hydrogen-bond donors (Lipinski definition) is 2. The number of nitrogens with two attached hydrogens (primary N) is 1. The van der Waals surface area contributed by atoms with E-state index < -0.39 is 0 Å². The Morgan fingerprint density at radius 3 is 2.54 bits per heavy atom. The number of methoxy groups -OCH3 is 1. The monoisotopic (exact) mass is 406 g/mol. The van der Waals surface area contributed by atoms with Crippen molar-refractivity contribution in [1.29, 1.82) is 0 Å². The predicted molar refractivity (Wildman–Crippen MR) is 114 cm³/mol. The van der Waals surface area contributed by atoms with E-state index in [1.165, 1.54) is 5.56 Å². The number of halogens is 1. The summed E-state index contributed by atoms with van der Waals surface area (Å²) in [5, 5.41) is 7.68. The molecule has 0 saturated carbocycles. The third-order valence-electron chi connectivity index (χ3n) is 5.49. The normalized spacial score (nSPS) is 16.1. The number of nitrogens with one attached hydrogen (secondary N) is 1. The van der Waals surface area contributed by atoms with E-state index in [0.717, 1.165) is 50.5 Å². The first-order chi connectivity index (χ1) is 13.4. The lowest BCUT2D eigenvalue weighted by Crippen LogP contribution is -2.50. The quantitative estimate of drug-likeness (QED) is 0.701. The molecule has 0 radical (unpaired) electrons. The van der Waals surface area contributed by atoms with Gasteiger partial charge in [0.15, 0.2) is 0 Å². The van der Waals surface area contributed by atoms with E-state index in [-0.39, 0.29) is 5.60 Å². The molecule has 0 aliphatic carbocycles. The van der Waals surface area contributed by atoms with Crippen LogP contribution in [0.3, 0.4) is 0 Å². The molecule has 0 atom stereocenters. The minimum absolute atomic E-state index is 0.185. The number of anilines is 2. The predicted octanol–water partition coefficient (Wildman–Crippen LogP) is 2.98. The summed E-state index contributed by atoms with van der Waals surface area (Å²) in [5.41, 5.74) is 6.78. The highest BCUT2D eigenvalue weighted by Crippen LogP contribution is 2.23. The van der Waals surface area contributed by atoms with E-state index in [1.807, 2.05) is 12.1 Å². The molecule has 1 aliphatic rings. The maximum Gasteiger partial charge on any atom is 0.246 e. The number of nitrogens with zero attached hydrogens (tertiary/aromatic N) is 4. The molecule has 0 unspecified atom stereocenters. The van der Waals surface area contributed by atoms with Crippen LogP contribution >= 0.6 is 11.6 Å². The first-order valence-corrected chi connectivity index (χ1v) is 10.2. The molecule has 28 heavy (non-hydrogen) atoms. The van der Waals surface area contributed by atoms with E-state index in [0.29, 0.717) is 17.9 Å². The van der Waals surface area contributed by atoms with Gasteiger partial charge < -0.3 is 15.4 Å². The zero-order valence-corrected chi connectivity index (χ0v) is 17.7. The Morgan fingerprint density at radius 2 is 1.96 bits per heavy atom. The lowest BCUT2D eigenvalue weighted by molar-refractivity contribution is -0.0202. The van der Waals surface area contributed by atoms with Crippen molar-refractivity contribution in [3.8, 4) is 0 Å². The largest absolute Gasteiger partial charge is 0.377 e. The van der Waals surface area contributed by atoms with E-state index >= 15 is 0 Å². The fourth-order valence-electron chi connectivity index (χ4n) is 3.71. The Hall–Kier alpha value is -1.83. The highest BCUT2D eigenvalue weighted by Gasteiger charge is 2.30. The lowest BCUT2D eigenvalue weighted by Gasteiger charge is -2.41. The summed E-state index contributed by atoms with van der Waals surface area (Å²) < 4.78 is 5.71. The van der Waals surface area contributed by atoms with Crippen molar-refractivity contribution >= 4 is 23.5 Å². The van der Waals surface area contributed by atoms with Crippen LogP contribution in [0, 0.1) is 0 Å². The molecule has 2 heterocycles. The molecule has 1 aromatic heterocycles. The van der Waals surface area contributed by atoms with Gasteiger partial charge in [0, 0.05) is 44.4 Å². The van der Waals surface area contributed by atoms with E-state index in [1.54, 1.807) is 7.11 Å². The summed E-state index contributed by atoms with van der Waals surface area (Å²) in [6.45, 7) is 8.03. The Labute approximate surface area is 172 Å². The van der Waals surface area contributed by atoms with Crippen LogP contribution in [0.2, 0.25) is 5.02 Å². The maximum absolute atomic E-state index is 6.02. The minimum Gasteiger partial charge on any atom is -0.377 e. The number of hydrogen-bond acceptors (Lipinski definition) is 6. The van der Waals surface area contributed by atoms with Gasteiger partial charge in [-0.3, -0.25) is 4.90 Å². The van der Waals surface area contributed by atoms with Gasteiger partial charge in [-0.05, 0) is 50.8 Å². The van der Waals surface area contributed by atoms with Gasteiger partial charge in [-0.1, -0.05) is 23.7 Å². The Balaban J connectivity index is 1.62. The van der Waals surface area contributed by atoms with Crippen LogP contribution in [0.5, 0.6) is 0 Å². The molecule has 0 bridgehead atoms. The Bertz CT molecular complexity index is 739. The third kappa shape index (κ3) is 5.59. The molecule has 0 spiro atoms. The van der Waals surface area contributed by atoms with Crippen molar-refractivity contribution in [2.24, 2.45) is 0 Å². The molecule has 154 valence electrons. The zero-order chi connectivity index (χ0) is 20.1. The molecule has 1 aliphatic heterocycles. The number of piperidine rings is 1. The highest BCUT2D eigenvalue weighted by atomic mass is 35.5. The number of H-pyrrole nitrogens is 1. The minimum atomic E-state index is -0.185. The molecule has 3 N–H and O–H groups in total. The Morgan fingerprint density at radius 1 is 1.29 bits per heavy atom. The number of rotatable bonds is 8. The van der Waals surface area contributed by atoms with Crippen LogP contribution in [0.4, 0.5) is 11.9 Å². The van der Waals surface area contributed by atoms with Gasteiger partial charge in [-0.15, -0.1) is 5.10 Å². The molecular formula is C20H31ClN6O. The lowest BCUT2D eigenvalue weighted by atomic mass is 9.99. The first kappa shape index (κ1) is 20.9. The number of aromatic amines is 1. The molecule has 1 aromatic carbocycles. The highest BCUT2D eigenvalue weighted by molar-refractivity contribution is 6.30. The summed E-state index contributed by atoms with van der Waals surface area (Å²) in [5.74, 6) is 1.06. The molecule has 8 heteroatoms. The second-order valence-corrected chi connectivity index (χ2v) is 8.49. The second kappa shape index (κ2) is 9.11. The fraction of sp³-hybridized carbons (Fsp3) is 0.600. The number of ether oxygens (including phenoxy) is 1. The van der Waals surface area contributed by atoms with Gasteiger partial charge in [-0.25, -0.2) is 5.10 Å². The van der Waals surface area contributed by atoms with Gasteiger partial charge in [0.25, 0.3) is 0 Å². The van der Waals surface area contributed by atoms with Gasteiger partial charge in [0.2, 0.25) is 11.9 Å². The van der Waals surface area contributed by atoms with Crippen LogP contribution in [-0.2, 0) is 11.2 Å². The number of nitrogen functional groups attached to an aromatic ring is 1. The van der Waals surface area contributed by atoms with Gasteiger partial charge in [0.1, 0.15) is 0 Å². The molecule has 3 rings (SSSR count). The van der Waals surface area contributed by atoms with Gasteiger partial charge in [0.05, 0.1) is 5.60 Å². The van der Waals surface area contributed by atoms with E-state index in [2.05, 4.69) is 51.0 Å². The van der Waals surface area contributed by atoms with Crippen LogP contribution in [0.15, 0.2) is 24.3 Å². The molecule has 7 nitrogen and oxygen atoms in total. The molecule has 1 saturated heterocycles. The second-order valence-electron chi connectivity index (χ2n) is 8.05. The van der Waals surface area contributed by atoms with E-state index in [9.17, 15) is 0 Å². The molecule has 2 aromatic rings. The number of benzene rings is 1. The molecular weight excluding hydrogens is 376 g/mol. The van der Waals surface area contributed by atoms with Crippen LogP contribution in [0.25, 0.3) is 0 Å². The Kier molecular flexibility index (Phi) is 6.80. The van der Waals surface area contributed by atoms with Crippen molar-refractivity contribution in [1.82, 2.24) is 20.1 Å². The summed E-state index contributed by atoms with van der Waals surface area (Å²) in [6.07, 6.45) is 3.12. The van der Waals surface area contributed by atoms with Crippen molar-refractivity contribution < 1.29 is 4.74 Å². The first-order valence-electron chi connectivity index (χ1n) is 9.83. The smallest absolute Gasteiger partial charge is 0.246 e. The average Bonchev–Trinajstić information content (AvgIpc) is 3.13. The van der Waals surface area contributed by atoms with Gasteiger partial charge in [-0.2, -0.15) is 4.98 Å². The summed E-state index contributed by atoms with van der Waals surface area (Å²) in [7, 11) is 1.79. The maximum atomic E-state index is 6.02. The number of aromatic nitrogens is 3. The standard InChI is InChI=1S/C20H31ClN6O/c1-20(2,28-3)14-27(11-8-15-4-6-16(21)7-5-15)17-9-12-26(13-10-17)19-23-18(22)24-25-19/h4-7,17H,8-14H2,1-3H3,(H3,22,23,24,25). The average molecular weight is 407 g/mol. The summed E-state index contributed by atoms with van der Waals surface area (Å²) in [6, 6.07) is 8.65. The fourth-order valence-corrected chi connectivity index (χ4v) is 3.83. The molecule has 0 amide bonds. The van der Waals surface area contributed by atoms with Crippen LogP contribution in [-0.4, -0.2) is 65.0 Å². The van der Waals surface area contributed by atoms with Crippen LogP contribution in [0.1, 0.15) is 32.3 Å². The van der Waals surface area contributed by atoms with E-state index in [4.69, 9.17) is 22.1 Å². The summed E-state index contributed by atoms with van der Waals surface area (Å²) >= 11 is 6.02. The SMILES string of the molecule is COC(C)(C)CN(CCc1ccc(Cl)cc1)C1CCN(c2n[nH]c(N)n2)CC1. The van der Waals surface area contributed by atoms with Crippen molar-refractivity contribution in [2.75, 3.05) is 43.9 Å². The van der Waals surface area contributed by atoms with Crippen LogP contribution < -0.4 is 10.6 Å². The van der Waals surface area contributed by atoms with Gasteiger partial charge >= 0.3 is 0 Å². The summed E-state index contributed by atoms with van der Waals surface area (Å²) in [4.78, 5) is 9.02. The molecule has 1 fully saturated rings.